The van der Waals surface area contributed by atoms with Crippen LogP contribution >= 0.6 is 11.6 Å². The normalized spacial score (nSPS) is 11.5. The first-order valence-electron chi connectivity index (χ1n) is 7.32. The molecular formula is C15H14ClN5O4S. The molecule has 9 nitrogen and oxygen atoms in total. The van der Waals surface area contributed by atoms with Gasteiger partial charge < -0.3 is 4.74 Å². The maximum absolute atomic E-state index is 12.7. The van der Waals surface area contributed by atoms with E-state index in [0.29, 0.717) is 5.56 Å². The summed E-state index contributed by atoms with van der Waals surface area (Å²) < 4.78 is 33.7. The zero-order valence-corrected chi connectivity index (χ0v) is 15.6. The van der Waals surface area contributed by atoms with Gasteiger partial charge in [0, 0.05) is 17.4 Å². The largest absolute Gasteiger partial charge is 0.465 e. The highest BCUT2D eigenvalue weighted by molar-refractivity contribution is 7.92. The molecule has 2 heterocycles. The van der Waals surface area contributed by atoms with E-state index in [0.717, 1.165) is 5.56 Å². The number of carbonyl (C=O) groups excluding carboxylic acids is 1. The van der Waals surface area contributed by atoms with Crippen LogP contribution in [0.2, 0.25) is 5.02 Å². The first-order chi connectivity index (χ1) is 12.2. The van der Waals surface area contributed by atoms with Crippen LogP contribution in [0.15, 0.2) is 29.7 Å². The average molecular weight is 396 g/mol. The van der Waals surface area contributed by atoms with Crippen LogP contribution in [-0.4, -0.2) is 41.1 Å². The van der Waals surface area contributed by atoms with Gasteiger partial charge in [0.1, 0.15) is 0 Å². The lowest BCUT2D eigenvalue weighted by Crippen LogP contribution is -2.18. The zero-order chi connectivity index (χ0) is 19.1. The average Bonchev–Trinajstić information content (AvgIpc) is 3.02. The number of aromatic nitrogens is 4. The SMILES string of the molecule is COC(=O)c1ccc(Cl)c(C)c1NS(=O)(=O)c1nc2ncc(C)cn2n1. The minimum Gasteiger partial charge on any atom is -0.465 e. The molecule has 1 N–H and O–H groups in total. The number of hydrogen-bond donors (Lipinski definition) is 1. The Balaban J connectivity index is 2.09. The van der Waals surface area contributed by atoms with Gasteiger partial charge in [0.05, 0.1) is 18.4 Å². The van der Waals surface area contributed by atoms with E-state index in [2.05, 4.69) is 19.8 Å². The van der Waals surface area contributed by atoms with Crippen LogP contribution in [0.5, 0.6) is 0 Å². The highest BCUT2D eigenvalue weighted by Crippen LogP contribution is 2.29. The first-order valence-corrected chi connectivity index (χ1v) is 9.18. The van der Waals surface area contributed by atoms with Crippen LogP contribution in [0, 0.1) is 13.8 Å². The summed E-state index contributed by atoms with van der Waals surface area (Å²) in [6, 6.07) is 2.86. The molecule has 3 aromatic rings. The minimum atomic E-state index is -4.19. The summed E-state index contributed by atoms with van der Waals surface area (Å²) in [6.07, 6.45) is 3.14. The van der Waals surface area contributed by atoms with Crippen molar-refractivity contribution in [3.63, 3.8) is 0 Å². The van der Waals surface area contributed by atoms with Gasteiger partial charge in [0.25, 0.3) is 21.0 Å². The number of carbonyl (C=O) groups is 1. The molecule has 0 fully saturated rings. The van der Waals surface area contributed by atoms with E-state index in [-0.39, 0.29) is 22.1 Å². The third-order valence-electron chi connectivity index (χ3n) is 3.58. The summed E-state index contributed by atoms with van der Waals surface area (Å²) in [5.74, 6) is -0.574. The molecule has 26 heavy (non-hydrogen) atoms. The molecule has 1 aromatic carbocycles. The van der Waals surface area contributed by atoms with Crippen molar-refractivity contribution in [2.75, 3.05) is 11.8 Å². The van der Waals surface area contributed by atoms with E-state index in [4.69, 9.17) is 16.3 Å². The fourth-order valence-corrected chi connectivity index (χ4v) is 3.43. The minimum absolute atomic E-state index is 0.00680. The monoisotopic (exact) mass is 395 g/mol. The number of fused-ring (bicyclic) bond motifs is 1. The molecule has 2 aromatic heterocycles. The number of rotatable bonds is 4. The summed E-state index contributed by atoms with van der Waals surface area (Å²) in [7, 11) is -2.99. The van der Waals surface area contributed by atoms with Crippen molar-refractivity contribution in [2.45, 2.75) is 19.0 Å². The maximum atomic E-state index is 12.7. The van der Waals surface area contributed by atoms with Crippen molar-refractivity contribution in [2.24, 2.45) is 0 Å². The Morgan fingerprint density at radius 3 is 2.73 bits per heavy atom. The lowest BCUT2D eigenvalue weighted by atomic mass is 10.1. The molecule has 3 rings (SSSR count). The molecule has 11 heteroatoms. The highest BCUT2D eigenvalue weighted by atomic mass is 35.5. The van der Waals surface area contributed by atoms with E-state index in [1.54, 1.807) is 26.2 Å². The van der Waals surface area contributed by atoms with E-state index in [1.807, 2.05) is 0 Å². The van der Waals surface area contributed by atoms with Crippen molar-refractivity contribution in [1.29, 1.82) is 0 Å². The summed E-state index contributed by atoms with van der Waals surface area (Å²) >= 11 is 6.06. The maximum Gasteiger partial charge on any atom is 0.340 e. The van der Waals surface area contributed by atoms with Gasteiger partial charge in [-0.25, -0.2) is 14.3 Å². The van der Waals surface area contributed by atoms with E-state index in [9.17, 15) is 13.2 Å². The molecule has 0 unspecified atom stereocenters. The molecule has 0 aliphatic rings. The number of benzene rings is 1. The summed E-state index contributed by atoms with van der Waals surface area (Å²) in [6.45, 7) is 3.37. The molecule has 0 saturated heterocycles. The van der Waals surface area contributed by atoms with Gasteiger partial charge in [-0.1, -0.05) is 11.6 Å². The standard InChI is InChI=1S/C15H14ClN5O4S/c1-8-6-17-14-18-15(19-21(14)7-8)26(23,24)20-12-9(2)11(16)5-4-10(12)13(22)25-3/h4-7,20H,1-3H3. The van der Waals surface area contributed by atoms with Crippen LogP contribution in [0.1, 0.15) is 21.5 Å². The van der Waals surface area contributed by atoms with Crippen molar-refractivity contribution in [3.05, 3.63) is 46.2 Å². The Labute approximate surface area is 154 Å². The molecule has 0 bridgehead atoms. The number of sulfonamides is 1. The molecule has 136 valence electrons. The first kappa shape index (κ1) is 18.1. The lowest BCUT2D eigenvalue weighted by molar-refractivity contribution is 0.0602. The quantitative estimate of drug-likeness (QED) is 0.671. The molecular weight excluding hydrogens is 382 g/mol. The van der Waals surface area contributed by atoms with Crippen LogP contribution in [0.3, 0.4) is 0 Å². The highest BCUT2D eigenvalue weighted by Gasteiger charge is 2.25. The Hall–Kier alpha value is -2.72. The van der Waals surface area contributed by atoms with Gasteiger partial charge in [0.15, 0.2) is 0 Å². The molecule has 0 amide bonds. The molecule has 0 aliphatic heterocycles. The van der Waals surface area contributed by atoms with E-state index in [1.165, 1.54) is 23.8 Å². The van der Waals surface area contributed by atoms with Crippen LogP contribution in [0.4, 0.5) is 5.69 Å². The van der Waals surface area contributed by atoms with Crippen molar-refractivity contribution in [1.82, 2.24) is 19.6 Å². The van der Waals surface area contributed by atoms with Crippen LogP contribution in [0.25, 0.3) is 5.78 Å². The third kappa shape index (κ3) is 3.20. The van der Waals surface area contributed by atoms with Gasteiger partial charge in [-0.15, -0.1) is 5.10 Å². The molecule has 0 spiro atoms. The number of halogens is 1. The fourth-order valence-electron chi connectivity index (χ4n) is 2.25. The Morgan fingerprint density at radius 1 is 1.31 bits per heavy atom. The second-order valence-electron chi connectivity index (χ2n) is 5.46. The molecule has 0 atom stereocenters. The predicted octanol–water partition coefficient (Wildman–Crippen LogP) is 1.98. The number of aryl methyl sites for hydroxylation is 1. The van der Waals surface area contributed by atoms with Crippen LogP contribution < -0.4 is 4.72 Å². The third-order valence-corrected chi connectivity index (χ3v) is 5.12. The number of ether oxygens (including phenoxy) is 1. The number of hydrogen-bond acceptors (Lipinski definition) is 7. The predicted molar refractivity (Wildman–Crippen MR) is 93.9 cm³/mol. The fraction of sp³-hybridized carbons (Fsp3) is 0.200. The van der Waals surface area contributed by atoms with Gasteiger partial charge in [0.2, 0.25) is 0 Å². The van der Waals surface area contributed by atoms with Crippen LogP contribution in [-0.2, 0) is 14.8 Å². The van der Waals surface area contributed by atoms with E-state index < -0.39 is 21.1 Å². The number of esters is 1. The molecule has 0 saturated carbocycles. The lowest BCUT2D eigenvalue weighted by Gasteiger charge is -2.13. The second-order valence-corrected chi connectivity index (χ2v) is 7.45. The second kappa shape index (κ2) is 6.54. The number of nitrogens with one attached hydrogen (secondary N) is 1. The summed E-state index contributed by atoms with van der Waals surface area (Å²) in [5.41, 5.74) is 1.19. The van der Waals surface area contributed by atoms with Crippen molar-refractivity contribution < 1.29 is 17.9 Å². The number of methoxy groups -OCH3 is 1. The Morgan fingerprint density at radius 2 is 2.04 bits per heavy atom. The Bertz CT molecular complexity index is 1130. The smallest absolute Gasteiger partial charge is 0.340 e. The Kier molecular flexibility index (Phi) is 4.55. The van der Waals surface area contributed by atoms with Gasteiger partial charge in [-0.3, -0.25) is 4.72 Å². The van der Waals surface area contributed by atoms with E-state index >= 15 is 0 Å². The number of anilines is 1. The zero-order valence-electron chi connectivity index (χ0n) is 14.0. The van der Waals surface area contributed by atoms with Crippen molar-refractivity contribution >= 4 is 39.1 Å². The molecule has 0 aliphatic carbocycles. The van der Waals surface area contributed by atoms with Gasteiger partial charge in [-0.05, 0) is 37.1 Å². The summed E-state index contributed by atoms with van der Waals surface area (Å²) in [5, 5.41) is 3.74. The van der Waals surface area contributed by atoms with Gasteiger partial charge >= 0.3 is 5.97 Å². The molecule has 0 radical (unpaired) electrons. The summed E-state index contributed by atoms with van der Waals surface area (Å²) in [4.78, 5) is 19.9. The van der Waals surface area contributed by atoms with Gasteiger partial charge in [-0.2, -0.15) is 13.4 Å². The van der Waals surface area contributed by atoms with Crippen molar-refractivity contribution in [3.8, 4) is 0 Å². The topological polar surface area (TPSA) is 116 Å². The number of nitrogens with zero attached hydrogens (tertiary/aromatic N) is 4.